The predicted molar refractivity (Wildman–Crippen MR) is 142 cm³/mol. The van der Waals surface area contributed by atoms with Crippen molar-refractivity contribution in [2.75, 3.05) is 20.6 Å². The second-order valence-electron chi connectivity index (χ2n) is 9.35. The van der Waals surface area contributed by atoms with Crippen LogP contribution in [0.3, 0.4) is 0 Å². The monoisotopic (exact) mass is 480 g/mol. The molecule has 2 atom stereocenters. The van der Waals surface area contributed by atoms with Crippen LogP contribution >= 0.6 is 11.6 Å². The van der Waals surface area contributed by atoms with Gasteiger partial charge in [-0.3, -0.25) is 9.78 Å². The predicted octanol–water partition coefficient (Wildman–Crippen LogP) is 6.89. The number of carboxylic acids is 1. The van der Waals surface area contributed by atoms with Crippen LogP contribution in [0.4, 0.5) is 0 Å². The van der Waals surface area contributed by atoms with Gasteiger partial charge in [0.15, 0.2) is 0 Å². The van der Waals surface area contributed by atoms with Gasteiger partial charge in [-0.2, -0.15) is 0 Å². The highest BCUT2D eigenvalue weighted by atomic mass is 35.5. The molecule has 0 aliphatic carbocycles. The first-order valence-corrected chi connectivity index (χ1v) is 12.2. The lowest BCUT2D eigenvalue weighted by molar-refractivity contribution is -0.138. The van der Waals surface area contributed by atoms with Gasteiger partial charge in [-0.05, 0) is 87.3 Å². The Bertz CT molecular complexity index is 987. The molecule has 0 radical (unpaired) electrons. The third-order valence-electron chi connectivity index (χ3n) is 5.68. The number of carbonyl (C=O) groups is 1. The summed E-state index contributed by atoms with van der Waals surface area (Å²) in [7, 11) is 4.19. The molecule has 0 amide bonds. The van der Waals surface area contributed by atoms with E-state index in [0.717, 1.165) is 35.7 Å². The van der Waals surface area contributed by atoms with Crippen LogP contribution in [0.2, 0.25) is 5.02 Å². The van der Waals surface area contributed by atoms with E-state index < -0.39 is 11.9 Å². The molecule has 2 unspecified atom stereocenters. The second kappa shape index (κ2) is 13.9. The van der Waals surface area contributed by atoms with Crippen LogP contribution in [0, 0.1) is 5.92 Å². The van der Waals surface area contributed by atoms with Crippen LogP contribution in [0.15, 0.2) is 72.9 Å². The van der Waals surface area contributed by atoms with Gasteiger partial charge in [0.1, 0.15) is 0 Å². The van der Waals surface area contributed by atoms with Crippen molar-refractivity contribution in [2.45, 2.75) is 45.4 Å². The van der Waals surface area contributed by atoms with Gasteiger partial charge in [-0.15, -0.1) is 0 Å². The Hall–Kier alpha value is -2.69. The molecule has 34 heavy (non-hydrogen) atoms. The summed E-state index contributed by atoms with van der Waals surface area (Å²) in [6.45, 7) is 7.09. The molecule has 0 aliphatic rings. The van der Waals surface area contributed by atoms with E-state index >= 15 is 0 Å². The number of rotatable bonds is 9. The molecule has 182 valence electrons. The summed E-state index contributed by atoms with van der Waals surface area (Å²) in [5, 5.41) is 9.62. The van der Waals surface area contributed by atoms with Crippen molar-refractivity contribution >= 4 is 17.6 Å². The first-order valence-electron chi connectivity index (χ1n) is 11.8. The van der Waals surface area contributed by atoms with E-state index in [9.17, 15) is 4.79 Å². The maximum atomic E-state index is 10.8. The van der Waals surface area contributed by atoms with Crippen LogP contribution in [0.25, 0.3) is 0 Å². The first kappa shape index (κ1) is 27.6. The number of benzene rings is 2. The van der Waals surface area contributed by atoms with Crippen molar-refractivity contribution < 1.29 is 9.90 Å². The van der Waals surface area contributed by atoms with Crippen molar-refractivity contribution in [3.05, 3.63) is 100 Å². The summed E-state index contributed by atoms with van der Waals surface area (Å²) >= 11 is 5.97. The topological polar surface area (TPSA) is 53.4 Å². The number of aromatic nitrogens is 1. The van der Waals surface area contributed by atoms with Gasteiger partial charge in [0.2, 0.25) is 0 Å². The Morgan fingerprint density at radius 1 is 0.941 bits per heavy atom. The smallest absolute Gasteiger partial charge is 0.310 e. The van der Waals surface area contributed by atoms with Crippen molar-refractivity contribution in [3.63, 3.8) is 0 Å². The highest BCUT2D eigenvalue weighted by molar-refractivity contribution is 6.30. The molecule has 1 heterocycles. The molecule has 3 aromatic rings. The van der Waals surface area contributed by atoms with E-state index in [1.54, 1.807) is 6.92 Å². The molecule has 0 aliphatic heterocycles. The third kappa shape index (κ3) is 9.28. The average Bonchev–Trinajstić information content (AvgIpc) is 2.81. The molecular weight excluding hydrogens is 444 g/mol. The summed E-state index contributed by atoms with van der Waals surface area (Å²) in [6.07, 6.45) is 3.95. The minimum Gasteiger partial charge on any atom is -0.481 e. The maximum Gasteiger partial charge on any atom is 0.310 e. The molecular formula is C29H37ClN2O2. The zero-order chi connectivity index (χ0) is 25.1. The summed E-state index contributed by atoms with van der Waals surface area (Å²) in [5.74, 6) is -0.238. The Balaban J connectivity index is 0.000000248. The van der Waals surface area contributed by atoms with Crippen LogP contribution in [-0.4, -0.2) is 41.6 Å². The molecule has 3 rings (SSSR count). The van der Waals surface area contributed by atoms with Crippen LogP contribution in [0.1, 0.15) is 61.4 Å². The van der Waals surface area contributed by atoms with Gasteiger partial charge >= 0.3 is 5.97 Å². The van der Waals surface area contributed by atoms with Gasteiger partial charge in [0, 0.05) is 22.8 Å². The van der Waals surface area contributed by atoms with Crippen LogP contribution in [-0.2, 0) is 11.2 Å². The normalized spacial score (nSPS) is 12.7. The lowest BCUT2D eigenvalue weighted by atomic mass is 9.92. The Labute approximate surface area is 209 Å². The number of pyridine rings is 1. The maximum absolute atomic E-state index is 10.8. The molecule has 0 saturated carbocycles. The molecule has 4 nitrogen and oxygen atoms in total. The van der Waals surface area contributed by atoms with Crippen molar-refractivity contribution in [2.24, 2.45) is 5.92 Å². The molecule has 0 spiro atoms. The second-order valence-corrected chi connectivity index (χ2v) is 9.79. The van der Waals surface area contributed by atoms with Gasteiger partial charge in [0.05, 0.1) is 5.92 Å². The largest absolute Gasteiger partial charge is 0.481 e. The minimum absolute atomic E-state index is 0.320. The first-order chi connectivity index (χ1) is 16.2. The Morgan fingerprint density at radius 3 is 2.06 bits per heavy atom. The van der Waals surface area contributed by atoms with Crippen molar-refractivity contribution in [1.29, 1.82) is 0 Å². The summed E-state index contributed by atoms with van der Waals surface area (Å²) < 4.78 is 0. The number of nitrogens with zero attached hydrogens (tertiary/aromatic N) is 2. The molecule has 1 aromatic heterocycles. The standard InChI is InChI=1S/C16H19ClN2.C13H18O2/c1-19(2)12-10-15(16-5-3-4-11-18-16)13-6-8-14(17)9-7-13;1-9(2)8-11-4-6-12(7-5-11)10(3)13(14)15/h3-9,11,15H,10,12H2,1-2H3;4-7,9-10H,8H2,1-3H3,(H,14,15). The molecule has 2 aromatic carbocycles. The minimum atomic E-state index is -0.772. The number of halogens is 1. The van der Waals surface area contributed by atoms with E-state index in [2.05, 4.69) is 56.0 Å². The number of hydrogen-bond donors (Lipinski definition) is 1. The van der Waals surface area contributed by atoms with E-state index in [4.69, 9.17) is 16.7 Å². The lowest BCUT2D eigenvalue weighted by Crippen LogP contribution is -2.17. The van der Waals surface area contributed by atoms with Gasteiger partial charge < -0.3 is 10.0 Å². The van der Waals surface area contributed by atoms with E-state index in [1.807, 2.05) is 54.7 Å². The molecule has 1 N–H and O–H groups in total. The zero-order valence-electron chi connectivity index (χ0n) is 20.9. The van der Waals surface area contributed by atoms with Gasteiger partial charge in [-0.25, -0.2) is 0 Å². The summed E-state index contributed by atoms with van der Waals surface area (Å²) in [6, 6.07) is 22.0. The van der Waals surface area contributed by atoms with Crippen LogP contribution in [0.5, 0.6) is 0 Å². The van der Waals surface area contributed by atoms with Gasteiger partial charge in [0.25, 0.3) is 0 Å². The summed E-state index contributed by atoms with van der Waals surface area (Å²) in [4.78, 5) is 17.5. The quantitative estimate of drug-likeness (QED) is 0.362. The van der Waals surface area contributed by atoms with E-state index in [0.29, 0.717) is 11.8 Å². The highest BCUT2D eigenvalue weighted by Gasteiger charge is 2.15. The lowest BCUT2D eigenvalue weighted by Gasteiger charge is -2.19. The highest BCUT2D eigenvalue weighted by Crippen LogP contribution is 2.27. The van der Waals surface area contributed by atoms with E-state index in [1.165, 1.54) is 11.1 Å². The number of hydrogen-bond acceptors (Lipinski definition) is 3. The Kier molecular flexibility index (Phi) is 11.2. The Morgan fingerprint density at radius 2 is 1.56 bits per heavy atom. The molecule has 0 fully saturated rings. The van der Waals surface area contributed by atoms with Crippen molar-refractivity contribution in [3.8, 4) is 0 Å². The van der Waals surface area contributed by atoms with Crippen molar-refractivity contribution in [1.82, 2.24) is 9.88 Å². The van der Waals surface area contributed by atoms with E-state index in [-0.39, 0.29) is 0 Å². The SMILES string of the molecule is CC(C)Cc1ccc(C(C)C(=O)O)cc1.CN(C)CCC(c1ccc(Cl)cc1)c1ccccn1. The van der Waals surface area contributed by atoms with Gasteiger partial charge in [-0.1, -0.05) is 67.9 Å². The van der Waals surface area contributed by atoms with Crippen LogP contribution < -0.4 is 0 Å². The fraction of sp³-hybridized carbons (Fsp3) is 0.379. The fourth-order valence-corrected chi connectivity index (χ4v) is 3.83. The third-order valence-corrected chi connectivity index (χ3v) is 5.93. The summed E-state index contributed by atoms with van der Waals surface area (Å²) in [5.41, 5.74) is 4.53. The molecule has 5 heteroatoms. The number of aliphatic carboxylic acids is 1. The molecule has 0 bridgehead atoms. The molecule has 0 saturated heterocycles. The zero-order valence-corrected chi connectivity index (χ0v) is 21.7. The number of carboxylic acid groups (broad SMARTS) is 1. The average molecular weight is 481 g/mol. The fourth-order valence-electron chi connectivity index (χ4n) is 3.71.